The Labute approximate surface area is 171 Å². The molecule has 1 atom stereocenters. The highest BCUT2D eigenvalue weighted by atomic mass is 16.5. The molecule has 0 spiro atoms. The predicted molar refractivity (Wildman–Crippen MR) is 114 cm³/mol. The molecule has 29 heavy (non-hydrogen) atoms. The second-order valence-corrected chi connectivity index (χ2v) is 7.61. The minimum atomic E-state index is -0.0608. The summed E-state index contributed by atoms with van der Waals surface area (Å²) in [4.78, 5) is 12.6. The van der Waals surface area contributed by atoms with E-state index in [2.05, 4.69) is 24.4 Å². The van der Waals surface area contributed by atoms with Crippen molar-refractivity contribution in [2.75, 3.05) is 13.2 Å². The largest absolute Gasteiger partial charge is 0.376 e. The first kappa shape index (κ1) is 19.4. The average molecular weight is 389 g/mol. The molecule has 2 aromatic carbocycles. The fourth-order valence-corrected chi connectivity index (χ4v) is 3.95. The van der Waals surface area contributed by atoms with E-state index in [1.54, 1.807) is 0 Å². The molecule has 5 nitrogen and oxygen atoms in total. The molecule has 1 aliphatic heterocycles. The van der Waals surface area contributed by atoms with E-state index >= 15 is 0 Å². The van der Waals surface area contributed by atoms with Crippen molar-refractivity contribution >= 4 is 5.91 Å². The Morgan fingerprint density at radius 2 is 2.00 bits per heavy atom. The molecular formula is C24H27N3O2. The van der Waals surface area contributed by atoms with Gasteiger partial charge in [0.2, 0.25) is 0 Å². The monoisotopic (exact) mass is 389 g/mol. The summed E-state index contributed by atoms with van der Waals surface area (Å²) < 4.78 is 7.62. The van der Waals surface area contributed by atoms with Gasteiger partial charge in [-0.1, -0.05) is 42.5 Å². The van der Waals surface area contributed by atoms with Crippen LogP contribution in [0.15, 0.2) is 54.6 Å². The van der Waals surface area contributed by atoms with E-state index in [9.17, 15) is 4.79 Å². The van der Waals surface area contributed by atoms with Crippen LogP contribution in [0.4, 0.5) is 0 Å². The fraction of sp³-hybridized carbons (Fsp3) is 0.333. The first-order valence-electron chi connectivity index (χ1n) is 10.2. The van der Waals surface area contributed by atoms with Gasteiger partial charge in [-0.2, -0.15) is 5.10 Å². The maximum absolute atomic E-state index is 12.6. The van der Waals surface area contributed by atoms with Gasteiger partial charge in [-0.25, -0.2) is 0 Å². The van der Waals surface area contributed by atoms with E-state index in [1.165, 1.54) is 5.56 Å². The topological polar surface area (TPSA) is 56.2 Å². The van der Waals surface area contributed by atoms with Crippen molar-refractivity contribution in [2.24, 2.45) is 0 Å². The van der Waals surface area contributed by atoms with Crippen molar-refractivity contribution < 1.29 is 9.53 Å². The fourth-order valence-electron chi connectivity index (χ4n) is 3.95. The van der Waals surface area contributed by atoms with Gasteiger partial charge < -0.3 is 10.1 Å². The van der Waals surface area contributed by atoms with E-state index in [1.807, 2.05) is 54.1 Å². The molecule has 5 heteroatoms. The van der Waals surface area contributed by atoms with Gasteiger partial charge in [0.1, 0.15) is 0 Å². The van der Waals surface area contributed by atoms with Gasteiger partial charge in [0, 0.05) is 30.0 Å². The molecule has 0 saturated carbocycles. The van der Waals surface area contributed by atoms with Gasteiger partial charge in [0.25, 0.3) is 5.91 Å². The Morgan fingerprint density at radius 1 is 1.17 bits per heavy atom. The molecule has 1 amide bonds. The van der Waals surface area contributed by atoms with Crippen molar-refractivity contribution in [2.45, 2.75) is 39.3 Å². The lowest BCUT2D eigenvalue weighted by Crippen LogP contribution is -2.31. The summed E-state index contributed by atoms with van der Waals surface area (Å²) in [6.45, 7) is 6.20. The van der Waals surface area contributed by atoms with Crippen LogP contribution < -0.4 is 5.32 Å². The second kappa shape index (κ2) is 8.62. The minimum absolute atomic E-state index is 0.0608. The number of benzene rings is 2. The van der Waals surface area contributed by atoms with Gasteiger partial charge in [-0.05, 0) is 49.9 Å². The number of rotatable bonds is 6. The number of ether oxygens (including phenoxy) is 1. The van der Waals surface area contributed by atoms with Crippen molar-refractivity contribution in [1.29, 1.82) is 0 Å². The predicted octanol–water partition coefficient (Wildman–Crippen LogP) is 4.12. The van der Waals surface area contributed by atoms with Gasteiger partial charge in [-0.15, -0.1) is 0 Å². The Hall–Kier alpha value is -2.92. The lowest BCUT2D eigenvalue weighted by molar-refractivity contribution is 0.0858. The number of aryl methyl sites for hydroxylation is 1. The van der Waals surface area contributed by atoms with Crippen LogP contribution in [-0.4, -0.2) is 34.9 Å². The van der Waals surface area contributed by atoms with Gasteiger partial charge in [0.15, 0.2) is 0 Å². The summed E-state index contributed by atoms with van der Waals surface area (Å²) in [5, 5.41) is 7.75. The standard InChI is InChI=1S/C24H27N3O2/c1-17-23(18(2)27(26-17)16-19-8-4-3-5-9-19)20-10-6-11-21(14-20)24(28)25-15-22-12-7-13-29-22/h3-6,8-11,14,22H,7,12-13,15-16H2,1-2H3,(H,25,28)/t22-/m0/s1. The number of carbonyl (C=O) groups excluding carboxylic acids is 1. The van der Waals surface area contributed by atoms with Crippen molar-refractivity contribution in [3.05, 3.63) is 77.1 Å². The third-order valence-electron chi connectivity index (χ3n) is 5.48. The zero-order valence-electron chi connectivity index (χ0n) is 17.0. The van der Waals surface area contributed by atoms with Crippen molar-refractivity contribution in [3.8, 4) is 11.1 Å². The Balaban J connectivity index is 1.54. The second-order valence-electron chi connectivity index (χ2n) is 7.61. The number of hydrogen-bond acceptors (Lipinski definition) is 3. The highest BCUT2D eigenvalue weighted by molar-refractivity contribution is 5.95. The molecule has 0 radical (unpaired) electrons. The molecule has 1 aliphatic rings. The molecule has 1 saturated heterocycles. The minimum Gasteiger partial charge on any atom is -0.376 e. The molecular weight excluding hydrogens is 362 g/mol. The van der Waals surface area contributed by atoms with Crippen LogP contribution in [0.2, 0.25) is 0 Å². The van der Waals surface area contributed by atoms with Crippen LogP contribution in [0.25, 0.3) is 11.1 Å². The molecule has 1 fully saturated rings. The molecule has 0 bridgehead atoms. The molecule has 1 N–H and O–H groups in total. The SMILES string of the molecule is Cc1nn(Cc2ccccc2)c(C)c1-c1cccc(C(=O)NC[C@@H]2CCCO2)c1. The first-order valence-corrected chi connectivity index (χ1v) is 10.2. The molecule has 150 valence electrons. The summed E-state index contributed by atoms with van der Waals surface area (Å²) in [5.74, 6) is -0.0608. The van der Waals surface area contributed by atoms with Crippen LogP contribution in [0, 0.1) is 13.8 Å². The van der Waals surface area contributed by atoms with Crippen LogP contribution in [0.3, 0.4) is 0 Å². The van der Waals surface area contributed by atoms with E-state index in [4.69, 9.17) is 9.84 Å². The summed E-state index contributed by atoms with van der Waals surface area (Å²) >= 11 is 0. The smallest absolute Gasteiger partial charge is 0.251 e. The highest BCUT2D eigenvalue weighted by Gasteiger charge is 2.18. The molecule has 3 aromatic rings. The van der Waals surface area contributed by atoms with Crippen LogP contribution in [-0.2, 0) is 11.3 Å². The molecule has 4 rings (SSSR count). The van der Waals surface area contributed by atoms with Crippen LogP contribution >= 0.6 is 0 Å². The first-order chi connectivity index (χ1) is 14.1. The average Bonchev–Trinajstić information content (AvgIpc) is 3.35. The van der Waals surface area contributed by atoms with Gasteiger partial charge >= 0.3 is 0 Å². The zero-order valence-corrected chi connectivity index (χ0v) is 17.0. The highest BCUT2D eigenvalue weighted by Crippen LogP contribution is 2.28. The molecule has 0 aliphatic carbocycles. The summed E-state index contributed by atoms with van der Waals surface area (Å²) in [6.07, 6.45) is 2.23. The molecule has 1 aromatic heterocycles. The maximum atomic E-state index is 12.6. The summed E-state index contributed by atoms with van der Waals surface area (Å²) in [6, 6.07) is 18.1. The van der Waals surface area contributed by atoms with Gasteiger partial charge in [0.05, 0.1) is 18.3 Å². The number of nitrogens with one attached hydrogen (secondary N) is 1. The van der Waals surface area contributed by atoms with E-state index in [0.29, 0.717) is 12.1 Å². The quantitative estimate of drug-likeness (QED) is 0.690. The normalized spacial score (nSPS) is 16.1. The van der Waals surface area contributed by atoms with Crippen molar-refractivity contribution in [1.82, 2.24) is 15.1 Å². The number of amides is 1. The van der Waals surface area contributed by atoms with E-state index in [-0.39, 0.29) is 12.0 Å². The zero-order chi connectivity index (χ0) is 20.2. The van der Waals surface area contributed by atoms with Gasteiger partial charge in [-0.3, -0.25) is 9.48 Å². The Morgan fingerprint density at radius 3 is 2.76 bits per heavy atom. The maximum Gasteiger partial charge on any atom is 0.251 e. The number of carbonyl (C=O) groups is 1. The van der Waals surface area contributed by atoms with Crippen molar-refractivity contribution in [3.63, 3.8) is 0 Å². The Kier molecular flexibility index (Phi) is 5.76. The van der Waals surface area contributed by atoms with Crippen LogP contribution in [0.1, 0.15) is 40.2 Å². The van der Waals surface area contributed by atoms with E-state index < -0.39 is 0 Å². The summed E-state index contributed by atoms with van der Waals surface area (Å²) in [7, 11) is 0. The third-order valence-corrected chi connectivity index (χ3v) is 5.48. The van der Waals surface area contributed by atoms with Crippen LogP contribution in [0.5, 0.6) is 0 Å². The molecule has 0 unspecified atom stereocenters. The number of hydrogen-bond donors (Lipinski definition) is 1. The third kappa shape index (κ3) is 4.40. The Bertz CT molecular complexity index is 989. The summed E-state index contributed by atoms with van der Waals surface area (Å²) in [5.41, 5.74) is 6.06. The van der Waals surface area contributed by atoms with E-state index in [0.717, 1.165) is 48.5 Å². The number of aromatic nitrogens is 2. The lowest BCUT2D eigenvalue weighted by Gasteiger charge is -2.11. The number of nitrogens with zero attached hydrogens (tertiary/aromatic N) is 2. The molecule has 2 heterocycles. The lowest BCUT2D eigenvalue weighted by atomic mass is 10.0.